The zero-order valence-electron chi connectivity index (χ0n) is 17.4. The number of aliphatic imine (C=N–C) groups is 1. The molecule has 0 bridgehead atoms. The van der Waals surface area contributed by atoms with Crippen molar-refractivity contribution in [1.82, 2.24) is 14.9 Å². The second kappa shape index (κ2) is 8.93. The lowest BCUT2D eigenvalue weighted by atomic mass is 9.92. The van der Waals surface area contributed by atoms with Gasteiger partial charge >= 0.3 is 0 Å². The van der Waals surface area contributed by atoms with Crippen LogP contribution in [-0.4, -0.2) is 46.7 Å². The van der Waals surface area contributed by atoms with Gasteiger partial charge in [0.15, 0.2) is 5.84 Å². The van der Waals surface area contributed by atoms with Gasteiger partial charge in [0.05, 0.1) is 19.3 Å². The van der Waals surface area contributed by atoms with Crippen LogP contribution >= 0.6 is 0 Å². The van der Waals surface area contributed by atoms with Gasteiger partial charge in [-0.25, -0.2) is 15.0 Å². The summed E-state index contributed by atoms with van der Waals surface area (Å²) in [6.07, 6.45) is 6.12. The molecule has 4 rings (SSSR count). The van der Waals surface area contributed by atoms with E-state index in [0.717, 1.165) is 30.6 Å². The molecule has 2 heterocycles. The molecule has 5 N–H and O–H groups in total. The standard InChI is InChI=1S/C23H25N7O/c1-31-20-7-3-6-18(22(20)25)23(26)29-21(24)13-30-9-8-15-4-2-5-17(19(15)12-30)16-10-27-14-28-11-16/h2-7,10-11,14H,8-9,12-13,25H2,1H3,(H3,24,26,29). The van der Waals surface area contributed by atoms with Gasteiger partial charge in [-0.3, -0.25) is 10.3 Å². The molecule has 0 atom stereocenters. The van der Waals surface area contributed by atoms with Crippen LogP contribution < -0.4 is 16.2 Å². The predicted octanol–water partition coefficient (Wildman–Crippen LogP) is 2.48. The first-order valence-electron chi connectivity index (χ1n) is 9.99. The Labute approximate surface area is 181 Å². The average molecular weight is 416 g/mol. The van der Waals surface area contributed by atoms with Gasteiger partial charge in [-0.1, -0.05) is 24.3 Å². The lowest BCUT2D eigenvalue weighted by molar-refractivity contribution is 0.290. The van der Waals surface area contributed by atoms with Gasteiger partial charge in [0.1, 0.15) is 17.9 Å². The SMILES string of the molecule is COc1cccc(C(=N)N=C(N)CN2CCc3cccc(-c4cncnc4)c3C2)c1N. The van der Waals surface area contributed by atoms with Crippen molar-refractivity contribution in [1.29, 1.82) is 5.41 Å². The van der Waals surface area contributed by atoms with Crippen LogP contribution in [0.25, 0.3) is 11.1 Å². The Hall–Kier alpha value is -3.78. The molecule has 0 radical (unpaired) electrons. The van der Waals surface area contributed by atoms with Crippen molar-refractivity contribution in [3.63, 3.8) is 0 Å². The number of nitrogen functional groups attached to an aromatic ring is 1. The minimum atomic E-state index is 0.0217. The van der Waals surface area contributed by atoms with Crippen LogP contribution in [0.3, 0.4) is 0 Å². The van der Waals surface area contributed by atoms with E-state index in [1.165, 1.54) is 17.5 Å². The fourth-order valence-corrected chi connectivity index (χ4v) is 3.88. The number of fused-ring (bicyclic) bond motifs is 1. The maximum atomic E-state index is 8.32. The smallest absolute Gasteiger partial charge is 0.156 e. The zero-order chi connectivity index (χ0) is 21.8. The first-order valence-corrected chi connectivity index (χ1v) is 9.99. The highest BCUT2D eigenvalue weighted by molar-refractivity contribution is 6.08. The Morgan fingerprint density at radius 3 is 2.74 bits per heavy atom. The summed E-state index contributed by atoms with van der Waals surface area (Å²) in [5, 5.41) is 8.32. The first-order chi connectivity index (χ1) is 15.1. The Morgan fingerprint density at radius 1 is 1.19 bits per heavy atom. The third-order valence-electron chi connectivity index (χ3n) is 5.41. The maximum Gasteiger partial charge on any atom is 0.156 e. The molecule has 0 amide bonds. The topological polar surface area (TPSA) is 126 Å². The molecular weight excluding hydrogens is 390 g/mol. The minimum absolute atomic E-state index is 0.0217. The van der Waals surface area contributed by atoms with Crippen molar-refractivity contribution in [3.8, 4) is 16.9 Å². The fourth-order valence-electron chi connectivity index (χ4n) is 3.88. The molecule has 1 aliphatic rings. The molecule has 0 spiro atoms. The van der Waals surface area contributed by atoms with Crippen LogP contribution in [0.1, 0.15) is 16.7 Å². The number of hydrogen-bond acceptors (Lipinski definition) is 6. The minimum Gasteiger partial charge on any atom is -0.495 e. The van der Waals surface area contributed by atoms with Crippen LogP contribution in [-0.2, 0) is 13.0 Å². The zero-order valence-corrected chi connectivity index (χ0v) is 17.4. The molecule has 3 aromatic rings. The maximum absolute atomic E-state index is 8.32. The summed E-state index contributed by atoms with van der Waals surface area (Å²) >= 11 is 0. The van der Waals surface area contributed by atoms with E-state index in [-0.39, 0.29) is 5.84 Å². The van der Waals surface area contributed by atoms with Crippen molar-refractivity contribution in [2.24, 2.45) is 10.7 Å². The normalized spacial score (nSPS) is 14.2. The summed E-state index contributed by atoms with van der Waals surface area (Å²) < 4.78 is 5.22. The molecule has 0 fully saturated rings. The number of ether oxygens (including phenoxy) is 1. The van der Waals surface area contributed by atoms with Crippen LogP contribution in [0.4, 0.5) is 5.69 Å². The largest absolute Gasteiger partial charge is 0.495 e. The molecule has 0 unspecified atom stereocenters. The Bertz CT molecular complexity index is 1130. The monoisotopic (exact) mass is 415 g/mol. The highest BCUT2D eigenvalue weighted by Crippen LogP contribution is 2.30. The molecule has 0 saturated heterocycles. The van der Waals surface area contributed by atoms with Gasteiger partial charge in [-0.2, -0.15) is 0 Å². The quantitative estimate of drug-likeness (QED) is 0.334. The third-order valence-corrected chi connectivity index (χ3v) is 5.41. The number of para-hydroxylation sites is 1. The second-order valence-electron chi connectivity index (χ2n) is 7.40. The van der Waals surface area contributed by atoms with Crippen LogP contribution in [0.5, 0.6) is 5.75 Å². The van der Waals surface area contributed by atoms with E-state index in [2.05, 4.69) is 38.1 Å². The van der Waals surface area contributed by atoms with Crippen LogP contribution in [0.2, 0.25) is 0 Å². The highest BCUT2D eigenvalue weighted by atomic mass is 16.5. The second-order valence-corrected chi connectivity index (χ2v) is 7.40. The molecule has 1 aliphatic heterocycles. The molecule has 31 heavy (non-hydrogen) atoms. The molecule has 0 aliphatic carbocycles. The number of methoxy groups -OCH3 is 1. The molecule has 1 aromatic heterocycles. The number of anilines is 1. The van der Waals surface area contributed by atoms with E-state index >= 15 is 0 Å². The lowest BCUT2D eigenvalue weighted by Crippen LogP contribution is -2.38. The molecule has 0 saturated carbocycles. The van der Waals surface area contributed by atoms with E-state index < -0.39 is 0 Å². The molecule has 8 heteroatoms. The Morgan fingerprint density at radius 2 is 1.97 bits per heavy atom. The Kier molecular flexibility index (Phi) is 5.90. The molecule has 158 valence electrons. The van der Waals surface area contributed by atoms with E-state index in [1.807, 2.05) is 12.4 Å². The lowest BCUT2D eigenvalue weighted by Gasteiger charge is -2.30. The van der Waals surface area contributed by atoms with Crippen LogP contribution in [0.15, 0.2) is 60.1 Å². The summed E-state index contributed by atoms with van der Waals surface area (Å²) in [7, 11) is 1.54. The molecule has 2 aromatic carbocycles. The number of rotatable bonds is 5. The third kappa shape index (κ3) is 4.39. The molecular formula is C23H25N7O. The van der Waals surface area contributed by atoms with Gasteiger partial charge in [-0.05, 0) is 35.2 Å². The number of nitrogens with two attached hydrogens (primary N) is 2. The van der Waals surface area contributed by atoms with Crippen molar-refractivity contribution >= 4 is 17.4 Å². The van der Waals surface area contributed by atoms with E-state index in [4.69, 9.17) is 21.6 Å². The Balaban J connectivity index is 1.51. The van der Waals surface area contributed by atoms with Gasteiger partial charge in [0.2, 0.25) is 0 Å². The average Bonchev–Trinajstić information content (AvgIpc) is 2.79. The van der Waals surface area contributed by atoms with Crippen LogP contribution in [0, 0.1) is 5.41 Å². The summed E-state index contributed by atoms with van der Waals surface area (Å²) in [6.45, 7) is 2.07. The van der Waals surface area contributed by atoms with Crippen molar-refractivity contribution in [3.05, 3.63) is 71.8 Å². The van der Waals surface area contributed by atoms with Crippen molar-refractivity contribution < 1.29 is 4.74 Å². The summed E-state index contributed by atoms with van der Waals surface area (Å²) in [6, 6.07) is 11.6. The van der Waals surface area contributed by atoms with Crippen molar-refractivity contribution in [2.45, 2.75) is 13.0 Å². The predicted molar refractivity (Wildman–Crippen MR) is 122 cm³/mol. The fraction of sp³-hybridized carbons (Fsp3) is 0.217. The van der Waals surface area contributed by atoms with Gasteiger partial charge in [0.25, 0.3) is 0 Å². The number of aromatic nitrogens is 2. The highest BCUT2D eigenvalue weighted by Gasteiger charge is 2.20. The van der Waals surface area contributed by atoms with E-state index in [9.17, 15) is 0 Å². The van der Waals surface area contributed by atoms with E-state index in [0.29, 0.717) is 29.4 Å². The number of benzene rings is 2. The summed E-state index contributed by atoms with van der Waals surface area (Å²) in [4.78, 5) is 14.8. The van der Waals surface area contributed by atoms with Gasteiger partial charge < -0.3 is 16.2 Å². The van der Waals surface area contributed by atoms with Gasteiger partial charge in [0, 0.05) is 36.6 Å². The van der Waals surface area contributed by atoms with Gasteiger partial charge in [-0.15, -0.1) is 0 Å². The van der Waals surface area contributed by atoms with E-state index in [1.54, 1.807) is 25.3 Å². The number of hydrogen-bond donors (Lipinski definition) is 3. The number of nitrogens with one attached hydrogen (secondary N) is 1. The summed E-state index contributed by atoms with van der Waals surface area (Å²) in [5.41, 5.74) is 17.9. The summed E-state index contributed by atoms with van der Waals surface area (Å²) in [5.74, 6) is 0.908. The first kappa shape index (κ1) is 20.5. The number of nitrogens with zero attached hydrogens (tertiary/aromatic N) is 4. The molecule has 8 nitrogen and oxygen atoms in total. The number of amidine groups is 2. The van der Waals surface area contributed by atoms with Crippen molar-refractivity contribution in [2.75, 3.05) is 25.9 Å².